The zero-order chi connectivity index (χ0) is 4.99. The first-order valence-corrected chi connectivity index (χ1v) is 2.60. The fraction of sp³-hybridized carbons (Fsp3) is 0.833. The molecule has 1 unspecified atom stereocenters. The van der Waals surface area contributed by atoms with Gasteiger partial charge in [-0.3, -0.25) is 0 Å². The molecular formula is C6H13Li. The van der Waals surface area contributed by atoms with E-state index in [2.05, 4.69) is 20.8 Å². The second-order valence-corrected chi connectivity index (χ2v) is 1.89. The zero-order valence-electron chi connectivity index (χ0n) is 5.70. The van der Waals surface area contributed by atoms with Crippen LogP contribution in [0.15, 0.2) is 0 Å². The van der Waals surface area contributed by atoms with Crippen LogP contribution in [0.25, 0.3) is 0 Å². The third-order valence-corrected chi connectivity index (χ3v) is 0.781. The fourth-order valence-corrected chi connectivity index (χ4v) is 0.493. The van der Waals surface area contributed by atoms with Crippen molar-refractivity contribution in [1.82, 2.24) is 0 Å². The van der Waals surface area contributed by atoms with Crippen molar-refractivity contribution in [3.8, 4) is 0 Å². The van der Waals surface area contributed by atoms with Crippen molar-refractivity contribution < 1.29 is 18.9 Å². The van der Waals surface area contributed by atoms with E-state index in [1.807, 2.05) is 0 Å². The van der Waals surface area contributed by atoms with E-state index in [1.54, 1.807) is 0 Å². The maximum atomic E-state index is 3.83. The summed E-state index contributed by atoms with van der Waals surface area (Å²) in [6.45, 7) is 8.15. The van der Waals surface area contributed by atoms with E-state index in [0.717, 1.165) is 0 Å². The Balaban J connectivity index is 0. The van der Waals surface area contributed by atoms with Crippen molar-refractivity contribution in [3.05, 3.63) is 6.92 Å². The van der Waals surface area contributed by atoms with E-state index < -0.39 is 0 Å². The molecule has 7 heavy (non-hydrogen) atoms. The smallest absolute Gasteiger partial charge is 0.341 e. The van der Waals surface area contributed by atoms with Gasteiger partial charge >= 0.3 is 18.9 Å². The second-order valence-electron chi connectivity index (χ2n) is 1.89. The summed E-state index contributed by atoms with van der Waals surface area (Å²) in [6.07, 6.45) is 2.53. The molecule has 0 radical (unpaired) electrons. The molecule has 0 heterocycles. The van der Waals surface area contributed by atoms with Crippen LogP contribution in [0.4, 0.5) is 0 Å². The molecule has 0 bridgehead atoms. The van der Waals surface area contributed by atoms with Gasteiger partial charge in [0.15, 0.2) is 0 Å². The molecule has 0 aliphatic carbocycles. The summed E-state index contributed by atoms with van der Waals surface area (Å²) in [4.78, 5) is 0. The van der Waals surface area contributed by atoms with Crippen LogP contribution in [0.2, 0.25) is 0 Å². The molecule has 38 valence electrons. The van der Waals surface area contributed by atoms with Crippen molar-refractivity contribution in [2.45, 2.75) is 26.7 Å². The normalized spacial score (nSPS) is 12.4. The molecule has 0 spiro atoms. The summed E-state index contributed by atoms with van der Waals surface area (Å²) in [7, 11) is 0. The Hall–Kier alpha value is 0.597. The van der Waals surface area contributed by atoms with E-state index in [4.69, 9.17) is 0 Å². The molecule has 0 aromatic rings. The van der Waals surface area contributed by atoms with Crippen molar-refractivity contribution in [2.75, 3.05) is 0 Å². The van der Waals surface area contributed by atoms with Crippen LogP contribution >= 0.6 is 0 Å². The molecule has 0 aromatic carbocycles. The van der Waals surface area contributed by atoms with Gasteiger partial charge in [0.1, 0.15) is 0 Å². The van der Waals surface area contributed by atoms with Gasteiger partial charge in [-0.25, -0.2) is 0 Å². The van der Waals surface area contributed by atoms with Crippen LogP contribution in [0.3, 0.4) is 0 Å². The van der Waals surface area contributed by atoms with E-state index in [9.17, 15) is 0 Å². The Bertz CT molecular complexity index is 25.4. The molecule has 0 N–H and O–H groups in total. The fourth-order valence-electron chi connectivity index (χ4n) is 0.493. The monoisotopic (exact) mass is 92.1 g/mol. The summed E-state index contributed by atoms with van der Waals surface area (Å²) < 4.78 is 0. The van der Waals surface area contributed by atoms with Crippen molar-refractivity contribution in [3.63, 3.8) is 0 Å². The first kappa shape index (κ1) is 10.6. The minimum atomic E-state index is 0. The average Bonchev–Trinajstić information content (AvgIpc) is 1.35. The van der Waals surface area contributed by atoms with Gasteiger partial charge < -0.3 is 6.92 Å². The summed E-state index contributed by atoms with van der Waals surface area (Å²) in [5.74, 6) is 0.648. The summed E-state index contributed by atoms with van der Waals surface area (Å²) in [5.41, 5.74) is 0. The Morgan fingerprint density at radius 1 is 1.57 bits per heavy atom. The summed E-state index contributed by atoms with van der Waals surface area (Å²) in [6, 6.07) is 0. The largest absolute Gasteiger partial charge is 1.00 e. The maximum absolute atomic E-state index is 3.83. The average molecular weight is 92.1 g/mol. The molecule has 0 saturated carbocycles. The maximum Gasteiger partial charge on any atom is 1.00 e. The van der Waals surface area contributed by atoms with Crippen LogP contribution in [0, 0.1) is 12.8 Å². The molecule has 0 aliphatic heterocycles. The quantitative estimate of drug-likeness (QED) is 0.311. The van der Waals surface area contributed by atoms with E-state index in [1.165, 1.54) is 12.8 Å². The third-order valence-electron chi connectivity index (χ3n) is 0.781. The van der Waals surface area contributed by atoms with Crippen LogP contribution < -0.4 is 18.9 Å². The minimum Gasteiger partial charge on any atom is -0.341 e. The first-order valence-electron chi connectivity index (χ1n) is 2.60. The van der Waals surface area contributed by atoms with Gasteiger partial charge in [-0.05, 0) is 0 Å². The van der Waals surface area contributed by atoms with Gasteiger partial charge in [-0.15, -0.1) is 0 Å². The number of hydrogen-bond donors (Lipinski definition) is 0. The Morgan fingerprint density at radius 3 is 2.00 bits per heavy atom. The topological polar surface area (TPSA) is 0 Å². The van der Waals surface area contributed by atoms with E-state index in [-0.39, 0.29) is 18.9 Å². The second kappa shape index (κ2) is 6.60. The van der Waals surface area contributed by atoms with Crippen molar-refractivity contribution in [1.29, 1.82) is 0 Å². The molecular weight excluding hydrogens is 79.0 g/mol. The first-order chi connectivity index (χ1) is 2.77. The summed E-state index contributed by atoms with van der Waals surface area (Å²) in [5, 5.41) is 0. The van der Waals surface area contributed by atoms with Crippen molar-refractivity contribution in [2.24, 2.45) is 5.92 Å². The molecule has 1 heteroatoms. The molecule has 0 nitrogen and oxygen atoms in total. The van der Waals surface area contributed by atoms with E-state index in [0.29, 0.717) is 5.92 Å². The van der Waals surface area contributed by atoms with Gasteiger partial charge in [0.2, 0.25) is 0 Å². The predicted molar refractivity (Wildman–Crippen MR) is 29.4 cm³/mol. The van der Waals surface area contributed by atoms with Gasteiger partial charge in [-0.1, -0.05) is 26.7 Å². The Morgan fingerprint density at radius 2 is 2.00 bits per heavy atom. The van der Waals surface area contributed by atoms with Gasteiger partial charge in [0.05, 0.1) is 0 Å². The van der Waals surface area contributed by atoms with Gasteiger partial charge in [0.25, 0.3) is 0 Å². The molecule has 0 aliphatic rings. The molecule has 0 amide bonds. The Kier molecular flexibility index (Phi) is 9.95. The van der Waals surface area contributed by atoms with E-state index >= 15 is 0 Å². The molecule has 0 aromatic heterocycles. The van der Waals surface area contributed by atoms with Crippen LogP contribution in [-0.4, -0.2) is 0 Å². The van der Waals surface area contributed by atoms with Crippen LogP contribution in [0.5, 0.6) is 0 Å². The number of hydrogen-bond acceptors (Lipinski definition) is 0. The van der Waals surface area contributed by atoms with Crippen LogP contribution in [-0.2, 0) is 0 Å². The van der Waals surface area contributed by atoms with Crippen LogP contribution in [0.1, 0.15) is 26.7 Å². The summed E-state index contributed by atoms with van der Waals surface area (Å²) >= 11 is 0. The zero-order valence-corrected chi connectivity index (χ0v) is 5.70. The predicted octanol–water partition coefficient (Wildman–Crippen LogP) is -0.739. The van der Waals surface area contributed by atoms with Gasteiger partial charge in [-0.2, -0.15) is 5.92 Å². The van der Waals surface area contributed by atoms with Gasteiger partial charge in [0, 0.05) is 0 Å². The standard InChI is InChI=1S/C6H13.Li/c1-4-5-6(2)3;/h6H,2,4-5H2,1,3H3;/q-1;+1. The molecule has 0 fully saturated rings. The third kappa shape index (κ3) is 10.8. The SMILES string of the molecule is [CH2-]C(C)CCC.[Li+]. The molecule has 1 atom stereocenters. The Labute approximate surface area is 58.9 Å². The minimum absolute atomic E-state index is 0. The van der Waals surface area contributed by atoms with Crippen molar-refractivity contribution >= 4 is 0 Å². The molecule has 0 rings (SSSR count). The number of rotatable bonds is 2. The molecule has 0 saturated heterocycles.